The SMILES string of the molecule is C=C1N=CNn2c(I)ccc21. The summed E-state index contributed by atoms with van der Waals surface area (Å²) in [7, 11) is 0. The number of aliphatic imine (C=N–C) groups is 1. The van der Waals surface area contributed by atoms with Gasteiger partial charge in [0.25, 0.3) is 0 Å². The van der Waals surface area contributed by atoms with Gasteiger partial charge in [0.15, 0.2) is 0 Å². The summed E-state index contributed by atoms with van der Waals surface area (Å²) in [5.74, 6) is 0. The minimum atomic E-state index is 0.798. The molecule has 0 aromatic carbocycles. The summed E-state index contributed by atoms with van der Waals surface area (Å²) in [4.78, 5) is 4.03. The van der Waals surface area contributed by atoms with Crippen molar-refractivity contribution in [2.24, 2.45) is 4.99 Å². The van der Waals surface area contributed by atoms with E-state index in [0.717, 1.165) is 15.1 Å². The Morgan fingerprint density at radius 3 is 3.09 bits per heavy atom. The van der Waals surface area contributed by atoms with Crippen molar-refractivity contribution < 1.29 is 0 Å². The number of hydrogen-bond acceptors (Lipinski definition) is 2. The van der Waals surface area contributed by atoms with Crippen molar-refractivity contribution >= 4 is 34.6 Å². The molecule has 0 unspecified atom stereocenters. The van der Waals surface area contributed by atoms with E-state index in [2.05, 4.69) is 39.6 Å². The van der Waals surface area contributed by atoms with E-state index in [1.165, 1.54) is 0 Å². The molecule has 0 radical (unpaired) electrons. The average Bonchev–Trinajstić information content (AvgIpc) is 2.35. The molecule has 2 heterocycles. The fourth-order valence-electron chi connectivity index (χ4n) is 0.999. The highest BCUT2D eigenvalue weighted by Crippen LogP contribution is 2.19. The van der Waals surface area contributed by atoms with E-state index in [4.69, 9.17) is 0 Å². The van der Waals surface area contributed by atoms with Crippen LogP contribution in [0.4, 0.5) is 0 Å². The Bertz CT molecular complexity index is 337. The maximum absolute atomic E-state index is 4.03. The molecule has 2 rings (SSSR count). The van der Waals surface area contributed by atoms with Gasteiger partial charge >= 0.3 is 0 Å². The van der Waals surface area contributed by atoms with Crippen LogP contribution in [0.2, 0.25) is 0 Å². The first-order chi connectivity index (χ1) is 5.29. The molecule has 1 aliphatic rings. The van der Waals surface area contributed by atoms with Crippen LogP contribution in [0.1, 0.15) is 5.69 Å². The Balaban J connectivity index is 2.61. The van der Waals surface area contributed by atoms with E-state index in [0.29, 0.717) is 0 Å². The maximum Gasteiger partial charge on any atom is 0.108 e. The summed E-state index contributed by atoms with van der Waals surface area (Å²) in [6.07, 6.45) is 1.64. The number of aromatic nitrogens is 1. The molecule has 1 aromatic heterocycles. The number of nitrogens with one attached hydrogen (secondary N) is 1. The summed E-state index contributed by atoms with van der Waals surface area (Å²) in [6.45, 7) is 3.81. The Kier molecular flexibility index (Phi) is 1.49. The molecule has 1 aliphatic heterocycles. The van der Waals surface area contributed by atoms with Gasteiger partial charge in [0.2, 0.25) is 0 Å². The largest absolute Gasteiger partial charge is 0.283 e. The monoisotopic (exact) mass is 259 g/mol. The Morgan fingerprint density at radius 2 is 2.36 bits per heavy atom. The standard InChI is InChI=1S/C7H6IN3/c1-5-6-2-3-7(8)11(6)10-4-9-5/h2-4H,1H2,(H,9,10). The van der Waals surface area contributed by atoms with Crippen LogP contribution < -0.4 is 5.43 Å². The second-order valence-corrected chi connectivity index (χ2v) is 3.32. The lowest BCUT2D eigenvalue weighted by Crippen LogP contribution is -2.19. The van der Waals surface area contributed by atoms with Gasteiger partial charge in [0.1, 0.15) is 10.0 Å². The molecule has 0 spiro atoms. The van der Waals surface area contributed by atoms with Crippen molar-refractivity contribution in [1.29, 1.82) is 0 Å². The van der Waals surface area contributed by atoms with Gasteiger partial charge in [-0.3, -0.25) is 5.43 Å². The lowest BCUT2D eigenvalue weighted by molar-refractivity contribution is 0.931. The minimum Gasteiger partial charge on any atom is -0.283 e. The van der Waals surface area contributed by atoms with Crippen molar-refractivity contribution in [1.82, 2.24) is 4.68 Å². The number of halogens is 1. The van der Waals surface area contributed by atoms with Gasteiger partial charge in [-0.2, -0.15) is 0 Å². The molecule has 56 valence electrons. The molecule has 1 N–H and O–H groups in total. The molecule has 0 fully saturated rings. The Hall–Kier alpha value is -0.780. The van der Waals surface area contributed by atoms with Gasteiger partial charge in [-0.1, -0.05) is 6.58 Å². The molecule has 0 atom stereocenters. The van der Waals surface area contributed by atoms with E-state index in [1.807, 2.05) is 16.8 Å². The van der Waals surface area contributed by atoms with Crippen LogP contribution in [0.15, 0.2) is 23.7 Å². The smallest absolute Gasteiger partial charge is 0.108 e. The van der Waals surface area contributed by atoms with Crippen LogP contribution in [0.25, 0.3) is 5.70 Å². The third-order valence-corrected chi connectivity index (χ3v) is 2.38. The molecular formula is C7H6IN3. The van der Waals surface area contributed by atoms with Crippen LogP contribution in [0.5, 0.6) is 0 Å². The fourth-order valence-corrected chi connectivity index (χ4v) is 1.58. The van der Waals surface area contributed by atoms with Gasteiger partial charge in [-0.05, 0) is 34.7 Å². The van der Waals surface area contributed by atoms with Crippen LogP contribution in [-0.4, -0.2) is 11.0 Å². The van der Waals surface area contributed by atoms with Crippen LogP contribution in [-0.2, 0) is 0 Å². The normalized spacial score (nSPS) is 14.5. The van der Waals surface area contributed by atoms with Crippen LogP contribution in [0.3, 0.4) is 0 Å². The highest BCUT2D eigenvalue weighted by molar-refractivity contribution is 14.1. The maximum atomic E-state index is 4.03. The van der Waals surface area contributed by atoms with E-state index < -0.39 is 0 Å². The molecule has 0 bridgehead atoms. The van der Waals surface area contributed by atoms with Gasteiger partial charge in [-0.25, -0.2) is 9.67 Å². The lowest BCUT2D eigenvalue weighted by Gasteiger charge is -2.13. The van der Waals surface area contributed by atoms with E-state index in [9.17, 15) is 0 Å². The molecule has 0 saturated carbocycles. The summed E-state index contributed by atoms with van der Waals surface area (Å²) in [5.41, 5.74) is 4.82. The lowest BCUT2D eigenvalue weighted by atomic mass is 10.3. The third-order valence-electron chi connectivity index (χ3n) is 1.54. The fraction of sp³-hybridized carbons (Fsp3) is 0. The first-order valence-electron chi connectivity index (χ1n) is 3.14. The first-order valence-corrected chi connectivity index (χ1v) is 4.22. The average molecular weight is 259 g/mol. The van der Waals surface area contributed by atoms with E-state index in [-0.39, 0.29) is 0 Å². The number of nitrogens with zero attached hydrogens (tertiary/aromatic N) is 2. The van der Waals surface area contributed by atoms with Gasteiger partial charge < -0.3 is 0 Å². The van der Waals surface area contributed by atoms with Gasteiger partial charge in [0.05, 0.1) is 11.4 Å². The molecule has 11 heavy (non-hydrogen) atoms. The van der Waals surface area contributed by atoms with Crippen molar-refractivity contribution in [3.63, 3.8) is 0 Å². The van der Waals surface area contributed by atoms with Crippen molar-refractivity contribution in [2.75, 3.05) is 5.43 Å². The van der Waals surface area contributed by atoms with E-state index >= 15 is 0 Å². The molecular weight excluding hydrogens is 253 g/mol. The summed E-state index contributed by atoms with van der Waals surface area (Å²) in [6, 6.07) is 4.01. The quantitative estimate of drug-likeness (QED) is 0.705. The molecule has 0 saturated heterocycles. The van der Waals surface area contributed by atoms with Crippen LogP contribution in [0, 0.1) is 3.70 Å². The van der Waals surface area contributed by atoms with Crippen molar-refractivity contribution in [2.45, 2.75) is 0 Å². The predicted molar refractivity (Wildman–Crippen MR) is 54.0 cm³/mol. The number of rotatable bonds is 0. The Labute approximate surface area is 77.9 Å². The minimum absolute atomic E-state index is 0.798. The summed E-state index contributed by atoms with van der Waals surface area (Å²) >= 11 is 2.25. The number of hydrogen-bond donors (Lipinski definition) is 1. The van der Waals surface area contributed by atoms with Crippen molar-refractivity contribution in [3.05, 3.63) is 28.1 Å². The molecule has 1 aromatic rings. The van der Waals surface area contributed by atoms with Gasteiger partial charge in [-0.15, -0.1) is 0 Å². The Morgan fingerprint density at radius 1 is 1.55 bits per heavy atom. The molecule has 4 heteroatoms. The van der Waals surface area contributed by atoms with E-state index in [1.54, 1.807) is 6.34 Å². The second kappa shape index (κ2) is 2.37. The second-order valence-electron chi connectivity index (χ2n) is 2.21. The van der Waals surface area contributed by atoms with Crippen molar-refractivity contribution in [3.8, 4) is 0 Å². The molecule has 3 nitrogen and oxygen atoms in total. The summed E-state index contributed by atoms with van der Waals surface area (Å²) in [5, 5.41) is 0. The predicted octanol–water partition coefficient (Wildman–Crippen LogP) is 1.65. The highest BCUT2D eigenvalue weighted by Gasteiger charge is 2.09. The topological polar surface area (TPSA) is 29.3 Å². The molecule has 0 amide bonds. The third kappa shape index (κ3) is 0.973. The highest BCUT2D eigenvalue weighted by atomic mass is 127. The number of fused-ring (bicyclic) bond motifs is 1. The first kappa shape index (κ1) is 6.90. The molecule has 0 aliphatic carbocycles. The zero-order valence-corrected chi connectivity index (χ0v) is 7.87. The van der Waals surface area contributed by atoms with Crippen LogP contribution >= 0.6 is 22.6 Å². The zero-order chi connectivity index (χ0) is 7.84. The van der Waals surface area contributed by atoms with Gasteiger partial charge in [0, 0.05) is 0 Å². The summed E-state index contributed by atoms with van der Waals surface area (Å²) < 4.78 is 3.07. The zero-order valence-electron chi connectivity index (χ0n) is 5.71.